The number of nitrogens with zero attached hydrogens (tertiary/aromatic N) is 6. The summed E-state index contributed by atoms with van der Waals surface area (Å²) in [6, 6.07) is 4.52. The van der Waals surface area contributed by atoms with Crippen molar-refractivity contribution in [1.29, 1.82) is 0 Å². The zero-order chi connectivity index (χ0) is 14.2. The molecule has 0 N–H and O–H groups in total. The zero-order valence-electron chi connectivity index (χ0n) is 11.0. The van der Waals surface area contributed by atoms with Crippen LogP contribution in [0.4, 0.5) is 0 Å². The van der Waals surface area contributed by atoms with E-state index >= 15 is 0 Å². The van der Waals surface area contributed by atoms with Crippen LogP contribution in [0.1, 0.15) is 0 Å². The van der Waals surface area contributed by atoms with E-state index in [1.54, 1.807) is 0 Å². The third-order valence-corrected chi connectivity index (χ3v) is 3.98. The van der Waals surface area contributed by atoms with Crippen LogP contribution in [0, 0.1) is 0 Å². The molecule has 3 aromatic heterocycles. The largest absolute Gasteiger partial charge is 1.00 e. The summed E-state index contributed by atoms with van der Waals surface area (Å²) < 4.78 is 39.0. The van der Waals surface area contributed by atoms with Gasteiger partial charge in [-0.05, 0) is 18.2 Å². The molecular formula is C10H9LiN6O3S. The maximum Gasteiger partial charge on any atom is 1.00 e. The van der Waals surface area contributed by atoms with E-state index in [4.69, 9.17) is 0 Å². The van der Waals surface area contributed by atoms with Crippen molar-refractivity contribution in [3.05, 3.63) is 55.4 Å². The summed E-state index contributed by atoms with van der Waals surface area (Å²) in [6.07, 6.45) is 8.18. The van der Waals surface area contributed by atoms with Crippen LogP contribution in [-0.2, 0) is 15.2 Å². The number of hydrogen-bond donors (Lipinski definition) is 0. The summed E-state index contributed by atoms with van der Waals surface area (Å²) in [5.74, 6) is 0. The van der Waals surface area contributed by atoms with E-state index in [9.17, 15) is 13.0 Å². The SMILES string of the molecule is O=S(=O)([O-])C(n1cccn1)(n1cccn1)n1cccn1.[Li+]. The van der Waals surface area contributed by atoms with Gasteiger partial charge in [-0.2, -0.15) is 15.3 Å². The normalized spacial score (nSPS) is 12.0. The van der Waals surface area contributed by atoms with E-state index in [-0.39, 0.29) is 18.9 Å². The molecule has 21 heavy (non-hydrogen) atoms. The third kappa shape index (κ3) is 2.22. The summed E-state index contributed by atoms with van der Waals surface area (Å²) >= 11 is 0. The molecule has 104 valence electrons. The van der Waals surface area contributed by atoms with Gasteiger partial charge in [0.1, 0.15) is 0 Å². The predicted octanol–water partition coefficient (Wildman–Crippen LogP) is -3.51. The van der Waals surface area contributed by atoms with E-state index < -0.39 is 15.2 Å². The second-order valence-corrected chi connectivity index (χ2v) is 5.34. The Kier molecular flexibility index (Phi) is 4.06. The van der Waals surface area contributed by atoms with Gasteiger partial charge in [0.2, 0.25) is 0 Å². The number of aromatic nitrogens is 6. The van der Waals surface area contributed by atoms with Gasteiger partial charge in [-0.15, -0.1) is 0 Å². The van der Waals surface area contributed by atoms with E-state index in [1.807, 2.05) is 0 Å². The van der Waals surface area contributed by atoms with Crippen molar-refractivity contribution < 1.29 is 31.8 Å². The molecule has 11 heteroatoms. The molecule has 0 fully saturated rings. The molecule has 0 spiro atoms. The molecule has 0 aromatic carbocycles. The fourth-order valence-electron chi connectivity index (χ4n) is 1.98. The average Bonchev–Trinajstić information content (AvgIpc) is 3.13. The van der Waals surface area contributed by atoms with Crippen LogP contribution in [-0.4, -0.2) is 42.3 Å². The first-order valence-corrected chi connectivity index (χ1v) is 6.93. The van der Waals surface area contributed by atoms with Crippen molar-refractivity contribution in [1.82, 2.24) is 29.3 Å². The van der Waals surface area contributed by atoms with Crippen LogP contribution in [0.25, 0.3) is 0 Å². The zero-order valence-corrected chi connectivity index (χ0v) is 11.8. The molecule has 0 atom stereocenters. The summed E-state index contributed by atoms with van der Waals surface area (Å²) in [6.45, 7) is 0. The topological polar surface area (TPSA) is 111 Å². The Labute approximate surface area is 132 Å². The van der Waals surface area contributed by atoms with Gasteiger partial charge in [-0.25, -0.2) is 22.5 Å². The monoisotopic (exact) mass is 300 g/mol. The molecule has 0 radical (unpaired) electrons. The van der Waals surface area contributed by atoms with Crippen molar-refractivity contribution in [3.63, 3.8) is 0 Å². The molecule has 0 aliphatic carbocycles. The van der Waals surface area contributed by atoms with Gasteiger partial charge in [0, 0.05) is 37.2 Å². The standard InChI is InChI=1S/C10H10N6O3S.Li/c17-20(18,19)10(14-7-1-4-11-14,15-8-2-5-12-15)16-9-3-6-13-16;/h1-9H,(H,17,18,19);/q;+1/p-1. The summed E-state index contributed by atoms with van der Waals surface area (Å²) in [5.41, 5.74) is 0. The van der Waals surface area contributed by atoms with Crippen LogP contribution in [0.3, 0.4) is 0 Å². The molecule has 0 aliphatic rings. The number of hydrogen-bond acceptors (Lipinski definition) is 6. The molecule has 3 rings (SSSR count). The van der Waals surface area contributed by atoms with Crippen LogP contribution in [0.2, 0.25) is 0 Å². The molecule has 9 nitrogen and oxygen atoms in total. The molecule has 0 aliphatic heterocycles. The molecule has 3 heterocycles. The van der Waals surface area contributed by atoms with Gasteiger partial charge >= 0.3 is 24.0 Å². The quantitative estimate of drug-likeness (QED) is 0.365. The molecule has 0 saturated carbocycles. The Bertz CT molecular complexity index is 698. The Morgan fingerprint density at radius 1 is 0.810 bits per heavy atom. The minimum atomic E-state index is -4.94. The van der Waals surface area contributed by atoms with Gasteiger partial charge in [-0.1, -0.05) is 0 Å². The van der Waals surface area contributed by atoms with Crippen LogP contribution in [0.5, 0.6) is 0 Å². The van der Waals surface area contributed by atoms with Crippen molar-refractivity contribution in [2.24, 2.45) is 0 Å². The summed E-state index contributed by atoms with van der Waals surface area (Å²) in [5, 5.41) is 9.39. The molecule has 0 unspecified atom stereocenters. The fraction of sp³-hybridized carbons (Fsp3) is 0.100. The van der Waals surface area contributed by atoms with E-state index in [0.717, 1.165) is 14.0 Å². The summed E-state index contributed by atoms with van der Waals surface area (Å²) in [4.78, 5) is 0. The summed E-state index contributed by atoms with van der Waals surface area (Å²) in [7, 11) is -4.94. The third-order valence-electron chi connectivity index (χ3n) is 2.74. The molecule has 3 aromatic rings. The van der Waals surface area contributed by atoms with Crippen molar-refractivity contribution in [2.45, 2.75) is 5.12 Å². The second kappa shape index (κ2) is 5.49. The first-order chi connectivity index (χ1) is 9.57. The van der Waals surface area contributed by atoms with Crippen molar-refractivity contribution >= 4 is 10.1 Å². The molecular weight excluding hydrogens is 291 g/mol. The van der Waals surface area contributed by atoms with E-state index in [2.05, 4.69) is 15.3 Å². The Hall–Kier alpha value is -1.86. The van der Waals surface area contributed by atoms with Gasteiger partial charge in [0.05, 0.1) is 0 Å². The van der Waals surface area contributed by atoms with Crippen LogP contribution in [0.15, 0.2) is 55.4 Å². The van der Waals surface area contributed by atoms with E-state index in [0.29, 0.717) is 0 Å². The maximum atomic E-state index is 12.0. The average molecular weight is 300 g/mol. The molecule has 0 amide bonds. The predicted molar refractivity (Wildman–Crippen MR) is 65.1 cm³/mol. The number of rotatable bonds is 4. The van der Waals surface area contributed by atoms with Crippen LogP contribution >= 0.6 is 0 Å². The van der Waals surface area contributed by atoms with Crippen molar-refractivity contribution in [3.8, 4) is 0 Å². The van der Waals surface area contributed by atoms with Crippen molar-refractivity contribution in [2.75, 3.05) is 0 Å². The Morgan fingerprint density at radius 2 is 1.14 bits per heavy atom. The molecule has 0 saturated heterocycles. The fourth-order valence-corrected chi connectivity index (χ4v) is 2.99. The first kappa shape index (κ1) is 15.5. The van der Waals surface area contributed by atoms with Gasteiger partial charge in [0.25, 0.3) is 0 Å². The van der Waals surface area contributed by atoms with Gasteiger partial charge in [-0.3, -0.25) is 0 Å². The maximum absolute atomic E-state index is 12.0. The van der Waals surface area contributed by atoms with E-state index in [1.165, 1.54) is 55.4 Å². The minimum Gasteiger partial charge on any atom is -0.743 e. The minimum absolute atomic E-state index is 0. The second-order valence-electron chi connectivity index (χ2n) is 3.88. The Balaban J connectivity index is 0.00000161. The smallest absolute Gasteiger partial charge is 0.743 e. The molecule has 0 bridgehead atoms. The van der Waals surface area contributed by atoms with Gasteiger partial charge in [0.15, 0.2) is 10.1 Å². The Morgan fingerprint density at radius 3 is 1.33 bits per heavy atom. The first-order valence-electron chi connectivity index (χ1n) is 5.52. The van der Waals surface area contributed by atoms with Gasteiger partial charge < -0.3 is 4.55 Å². The van der Waals surface area contributed by atoms with Crippen LogP contribution < -0.4 is 18.9 Å².